The molecule has 0 aliphatic rings. The van der Waals surface area contributed by atoms with Crippen LogP contribution in [0.25, 0.3) is 0 Å². The van der Waals surface area contributed by atoms with Crippen LogP contribution in [-0.2, 0) is 4.79 Å². The lowest BCUT2D eigenvalue weighted by Gasteiger charge is -2.05. The van der Waals surface area contributed by atoms with Gasteiger partial charge in [0.2, 0.25) is 5.95 Å². The molecule has 2 N–H and O–H groups in total. The lowest BCUT2D eigenvalue weighted by atomic mass is 10.1. The fraction of sp³-hybridized carbons (Fsp3) is 0.567. The highest BCUT2D eigenvalue weighted by molar-refractivity contribution is 5.66. The number of benzene rings is 1. The number of para-hydroxylation sites is 1. The average molecular weight is 482 g/mol. The van der Waals surface area contributed by atoms with E-state index in [2.05, 4.69) is 34.4 Å². The number of aryl methyl sites for hydroxylation is 2. The lowest BCUT2D eigenvalue weighted by molar-refractivity contribution is -0.137. The van der Waals surface area contributed by atoms with Gasteiger partial charge < -0.3 is 10.4 Å². The molecule has 1 heterocycles. The van der Waals surface area contributed by atoms with Crippen molar-refractivity contribution in [2.24, 2.45) is 0 Å². The quantitative estimate of drug-likeness (QED) is 0.174. The van der Waals surface area contributed by atoms with Crippen molar-refractivity contribution in [3.63, 3.8) is 0 Å². The molecule has 0 bridgehead atoms. The number of aliphatic carboxylic acids is 1. The summed E-state index contributed by atoms with van der Waals surface area (Å²) in [7, 11) is 0. The van der Waals surface area contributed by atoms with Crippen molar-refractivity contribution in [3.05, 3.63) is 59.9 Å². The summed E-state index contributed by atoms with van der Waals surface area (Å²) < 4.78 is 0. The summed E-state index contributed by atoms with van der Waals surface area (Å²) in [4.78, 5) is 18.9. The largest absolute Gasteiger partial charge is 0.481 e. The number of allylic oxidation sites excluding steroid dienone is 2. The van der Waals surface area contributed by atoms with Crippen LogP contribution in [0.3, 0.4) is 0 Å². The number of carbonyl (C=O) groups is 1. The summed E-state index contributed by atoms with van der Waals surface area (Å²) in [6.07, 6.45) is 21.2. The number of hydrogen-bond acceptors (Lipinski definition) is 4. The number of carboxylic acid groups (broad SMARTS) is 1. The molecule has 0 amide bonds. The number of hydrogen-bond donors (Lipinski definition) is 2. The van der Waals surface area contributed by atoms with Crippen LogP contribution in [0, 0.1) is 13.8 Å². The molecule has 0 aliphatic carbocycles. The van der Waals surface area contributed by atoms with Crippen molar-refractivity contribution in [2.45, 2.75) is 111 Å². The summed E-state index contributed by atoms with van der Waals surface area (Å²) in [5, 5.41) is 11.7. The summed E-state index contributed by atoms with van der Waals surface area (Å²) in [6.45, 7) is 6.19. The minimum atomic E-state index is -0.664. The monoisotopic (exact) mass is 481 g/mol. The third-order valence-electron chi connectivity index (χ3n) is 5.66. The summed E-state index contributed by atoms with van der Waals surface area (Å²) >= 11 is 0. The maximum atomic E-state index is 10.3. The molecule has 0 radical (unpaired) electrons. The van der Waals surface area contributed by atoms with E-state index in [1.807, 2.05) is 50.2 Å². The SMILES string of the molecule is CCCCCCCC/C=C\CCCCCCCC(=O)O.Cc1cc(C)nc(Nc2ccccc2)n1. The highest BCUT2D eigenvalue weighted by atomic mass is 16.4. The van der Waals surface area contributed by atoms with E-state index in [9.17, 15) is 4.79 Å². The van der Waals surface area contributed by atoms with Crippen LogP contribution in [0.15, 0.2) is 48.6 Å². The van der Waals surface area contributed by atoms with Crippen molar-refractivity contribution >= 4 is 17.6 Å². The van der Waals surface area contributed by atoms with Crippen LogP contribution >= 0.6 is 0 Å². The lowest BCUT2D eigenvalue weighted by Crippen LogP contribution is -1.99. The fourth-order valence-electron chi connectivity index (χ4n) is 3.78. The molecule has 0 saturated carbocycles. The van der Waals surface area contributed by atoms with Gasteiger partial charge in [0.05, 0.1) is 0 Å². The van der Waals surface area contributed by atoms with Gasteiger partial charge in [0, 0.05) is 23.5 Å². The van der Waals surface area contributed by atoms with Crippen LogP contribution < -0.4 is 5.32 Å². The van der Waals surface area contributed by atoms with E-state index in [1.54, 1.807) is 0 Å². The number of nitrogens with zero attached hydrogens (tertiary/aromatic N) is 2. The van der Waals surface area contributed by atoms with Gasteiger partial charge in [-0.2, -0.15) is 0 Å². The number of anilines is 2. The molecule has 5 nitrogen and oxygen atoms in total. The van der Waals surface area contributed by atoms with E-state index >= 15 is 0 Å². The Hall–Kier alpha value is -2.69. The second-order valence-electron chi connectivity index (χ2n) is 9.19. The second kappa shape index (κ2) is 20.7. The molecule has 194 valence electrons. The van der Waals surface area contributed by atoms with Gasteiger partial charge in [-0.05, 0) is 64.2 Å². The second-order valence-corrected chi connectivity index (χ2v) is 9.19. The van der Waals surface area contributed by atoms with Gasteiger partial charge in [-0.1, -0.05) is 88.6 Å². The van der Waals surface area contributed by atoms with Gasteiger partial charge in [0.25, 0.3) is 0 Å². The molecule has 0 atom stereocenters. The predicted octanol–water partition coefficient (Wildman–Crippen LogP) is 8.95. The summed E-state index contributed by atoms with van der Waals surface area (Å²) in [6, 6.07) is 11.9. The number of nitrogens with one attached hydrogen (secondary N) is 1. The van der Waals surface area contributed by atoms with Gasteiger partial charge >= 0.3 is 5.97 Å². The van der Waals surface area contributed by atoms with E-state index < -0.39 is 5.97 Å². The molecular formula is C30H47N3O2. The Kier molecular flexibility index (Phi) is 17.9. The zero-order valence-electron chi connectivity index (χ0n) is 22.3. The minimum Gasteiger partial charge on any atom is -0.481 e. The molecule has 1 aromatic carbocycles. The van der Waals surface area contributed by atoms with Crippen molar-refractivity contribution < 1.29 is 9.90 Å². The molecule has 0 aliphatic heterocycles. The number of unbranched alkanes of at least 4 members (excludes halogenated alkanes) is 11. The van der Waals surface area contributed by atoms with E-state index in [0.29, 0.717) is 12.4 Å². The smallest absolute Gasteiger partial charge is 0.303 e. The van der Waals surface area contributed by atoms with E-state index in [-0.39, 0.29) is 0 Å². The maximum absolute atomic E-state index is 10.3. The molecule has 0 fully saturated rings. The highest BCUT2D eigenvalue weighted by Gasteiger charge is 1.99. The standard InChI is InChI=1S/C18H34O2.C12H13N3/c1-2-3-4-5-6-7-8-9-10-11-12-13-14-15-16-17-18(19)20;1-9-8-10(2)14-12(13-9)15-11-6-4-3-5-7-11/h9-10H,2-8,11-17H2,1H3,(H,19,20);3-8H,1-2H3,(H,13,14,15)/b10-9-;. The Balaban J connectivity index is 0.000000362. The average Bonchev–Trinajstić information content (AvgIpc) is 2.82. The van der Waals surface area contributed by atoms with E-state index in [0.717, 1.165) is 29.9 Å². The first-order chi connectivity index (χ1) is 17.0. The molecule has 1 aromatic heterocycles. The number of carboxylic acids is 1. The van der Waals surface area contributed by atoms with Gasteiger partial charge in [-0.25, -0.2) is 9.97 Å². The van der Waals surface area contributed by atoms with Crippen molar-refractivity contribution in [3.8, 4) is 0 Å². The molecule has 2 aromatic rings. The topological polar surface area (TPSA) is 75.1 Å². The molecule has 2 rings (SSSR count). The Morgan fingerprint density at radius 1 is 0.800 bits per heavy atom. The van der Waals surface area contributed by atoms with Gasteiger partial charge in [0.15, 0.2) is 0 Å². The zero-order chi connectivity index (χ0) is 25.6. The van der Waals surface area contributed by atoms with E-state index in [4.69, 9.17) is 5.11 Å². The zero-order valence-corrected chi connectivity index (χ0v) is 22.3. The van der Waals surface area contributed by atoms with Crippen LogP contribution in [-0.4, -0.2) is 21.0 Å². The van der Waals surface area contributed by atoms with Crippen LogP contribution in [0.5, 0.6) is 0 Å². The summed E-state index contributed by atoms with van der Waals surface area (Å²) in [5.41, 5.74) is 2.95. The van der Waals surface area contributed by atoms with Crippen molar-refractivity contribution in [2.75, 3.05) is 5.32 Å². The Morgan fingerprint density at radius 3 is 1.86 bits per heavy atom. The molecule has 0 unspecified atom stereocenters. The van der Waals surface area contributed by atoms with Gasteiger partial charge in [-0.15, -0.1) is 0 Å². The minimum absolute atomic E-state index is 0.332. The number of rotatable bonds is 17. The van der Waals surface area contributed by atoms with Gasteiger partial charge in [0.1, 0.15) is 0 Å². The molecular weight excluding hydrogens is 434 g/mol. The highest BCUT2D eigenvalue weighted by Crippen LogP contribution is 2.13. The first-order valence-corrected chi connectivity index (χ1v) is 13.5. The molecule has 0 spiro atoms. The van der Waals surface area contributed by atoms with Gasteiger partial charge in [-0.3, -0.25) is 4.79 Å². The van der Waals surface area contributed by atoms with Crippen LogP contribution in [0.4, 0.5) is 11.6 Å². The maximum Gasteiger partial charge on any atom is 0.303 e. The normalized spacial score (nSPS) is 10.7. The molecule has 35 heavy (non-hydrogen) atoms. The fourth-order valence-corrected chi connectivity index (χ4v) is 3.78. The first kappa shape index (κ1) is 30.3. The molecule has 5 heteroatoms. The van der Waals surface area contributed by atoms with Crippen LogP contribution in [0.2, 0.25) is 0 Å². The van der Waals surface area contributed by atoms with E-state index in [1.165, 1.54) is 70.6 Å². The third-order valence-corrected chi connectivity index (χ3v) is 5.66. The summed E-state index contributed by atoms with van der Waals surface area (Å²) in [5.74, 6) is -0.0127. The molecule has 0 saturated heterocycles. The first-order valence-electron chi connectivity index (χ1n) is 13.5. The van der Waals surface area contributed by atoms with Crippen molar-refractivity contribution in [1.82, 2.24) is 9.97 Å². The number of aromatic nitrogens is 2. The van der Waals surface area contributed by atoms with Crippen molar-refractivity contribution in [1.29, 1.82) is 0 Å². The Bertz CT molecular complexity index is 801. The Labute approximate surface area is 213 Å². The third kappa shape index (κ3) is 18.3. The predicted molar refractivity (Wildman–Crippen MR) is 148 cm³/mol. The van der Waals surface area contributed by atoms with Crippen LogP contribution in [0.1, 0.15) is 108 Å². The Morgan fingerprint density at radius 2 is 1.31 bits per heavy atom.